The molecule has 1 amide bonds. The van der Waals surface area contributed by atoms with Crippen molar-refractivity contribution in [3.05, 3.63) is 29.3 Å². The fourth-order valence-electron chi connectivity index (χ4n) is 2.24. The molecular formula is C14H19ClN2O3. The number of carbonyl (C=O) groups is 1. The number of halogens is 1. The van der Waals surface area contributed by atoms with Crippen molar-refractivity contribution in [2.75, 3.05) is 26.2 Å². The number of primary amides is 1. The summed E-state index contributed by atoms with van der Waals surface area (Å²) < 4.78 is 10.6. The first kappa shape index (κ1) is 14.9. The Bertz CT molecular complexity index is 431. The van der Waals surface area contributed by atoms with Crippen LogP contribution in [0.5, 0.6) is 5.75 Å². The van der Waals surface area contributed by atoms with Gasteiger partial charge in [-0.25, -0.2) is 4.79 Å². The molecule has 0 bridgehead atoms. The summed E-state index contributed by atoms with van der Waals surface area (Å²) >= 11 is 5.81. The molecule has 6 heteroatoms. The second kappa shape index (κ2) is 7.36. The van der Waals surface area contributed by atoms with Gasteiger partial charge in [-0.05, 0) is 37.1 Å². The number of rotatable bonds is 5. The highest BCUT2D eigenvalue weighted by molar-refractivity contribution is 6.30. The zero-order valence-corrected chi connectivity index (χ0v) is 12.0. The zero-order chi connectivity index (χ0) is 14.4. The van der Waals surface area contributed by atoms with Crippen molar-refractivity contribution >= 4 is 17.7 Å². The van der Waals surface area contributed by atoms with Crippen molar-refractivity contribution in [3.8, 4) is 5.75 Å². The lowest BCUT2D eigenvalue weighted by Crippen LogP contribution is -2.40. The summed E-state index contributed by atoms with van der Waals surface area (Å²) in [7, 11) is 0. The number of likely N-dealkylation sites (tertiary alicyclic amines) is 1. The second-order valence-electron chi connectivity index (χ2n) is 4.78. The van der Waals surface area contributed by atoms with Crippen LogP contribution in [0.2, 0.25) is 5.02 Å². The molecule has 1 fully saturated rings. The fourth-order valence-corrected chi connectivity index (χ4v) is 2.36. The van der Waals surface area contributed by atoms with E-state index in [-0.39, 0.29) is 6.10 Å². The smallest absolute Gasteiger partial charge is 0.404 e. The van der Waals surface area contributed by atoms with Crippen LogP contribution in [0.4, 0.5) is 4.79 Å². The van der Waals surface area contributed by atoms with E-state index in [0.29, 0.717) is 11.6 Å². The van der Waals surface area contributed by atoms with Gasteiger partial charge >= 0.3 is 6.09 Å². The van der Waals surface area contributed by atoms with Gasteiger partial charge in [0.05, 0.1) is 0 Å². The van der Waals surface area contributed by atoms with Gasteiger partial charge in [0.15, 0.2) is 0 Å². The summed E-state index contributed by atoms with van der Waals surface area (Å²) in [4.78, 5) is 12.9. The maximum Gasteiger partial charge on any atom is 0.404 e. The molecule has 2 N–H and O–H groups in total. The van der Waals surface area contributed by atoms with Gasteiger partial charge in [0, 0.05) is 24.7 Å². The Balaban J connectivity index is 1.63. The van der Waals surface area contributed by atoms with Crippen molar-refractivity contribution in [1.29, 1.82) is 0 Å². The summed E-state index contributed by atoms with van der Waals surface area (Å²) in [5.74, 6) is 0.821. The minimum absolute atomic E-state index is 0.0408. The van der Waals surface area contributed by atoms with Crippen LogP contribution in [-0.2, 0) is 4.74 Å². The topological polar surface area (TPSA) is 64.8 Å². The highest BCUT2D eigenvalue weighted by Crippen LogP contribution is 2.16. The molecule has 0 unspecified atom stereocenters. The van der Waals surface area contributed by atoms with Crippen LogP contribution < -0.4 is 10.5 Å². The number of nitrogens with zero attached hydrogens (tertiary/aromatic N) is 1. The predicted molar refractivity (Wildman–Crippen MR) is 77.1 cm³/mol. The van der Waals surface area contributed by atoms with Gasteiger partial charge in [0.2, 0.25) is 0 Å². The van der Waals surface area contributed by atoms with Crippen molar-refractivity contribution < 1.29 is 14.3 Å². The molecule has 20 heavy (non-hydrogen) atoms. The number of carbonyl (C=O) groups excluding carboxylic acids is 1. The standard InChI is InChI=1S/C14H19ClN2O3/c15-11-1-3-12(4-2-11)19-10-9-17-7-5-13(6-8-17)20-14(16)18/h1-4,13H,5-10H2,(H2,16,18). The van der Waals surface area contributed by atoms with Gasteiger partial charge in [-0.1, -0.05) is 11.6 Å². The minimum atomic E-state index is -0.686. The normalized spacial score (nSPS) is 16.9. The Morgan fingerprint density at radius 1 is 1.30 bits per heavy atom. The number of hydrogen-bond donors (Lipinski definition) is 1. The second-order valence-corrected chi connectivity index (χ2v) is 5.22. The van der Waals surface area contributed by atoms with Gasteiger partial charge in [-0.15, -0.1) is 0 Å². The molecule has 0 saturated carbocycles. The van der Waals surface area contributed by atoms with Crippen LogP contribution in [0.3, 0.4) is 0 Å². The van der Waals surface area contributed by atoms with E-state index in [9.17, 15) is 4.79 Å². The monoisotopic (exact) mass is 298 g/mol. The van der Waals surface area contributed by atoms with E-state index in [2.05, 4.69) is 4.90 Å². The molecular weight excluding hydrogens is 280 g/mol. The highest BCUT2D eigenvalue weighted by Gasteiger charge is 2.21. The molecule has 1 aliphatic heterocycles. The van der Waals surface area contributed by atoms with E-state index in [1.807, 2.05) is 24.3 Å². The van der Waals surface area contributed by atoms with Crippen molar-refractivity contribution in [2.24, 2.45) is 5.73 Å². The number of benzene rings is 1. The van der Waals surface area contributed by atoms with E-state index in [1.54, 1.807) is 0 Å². The van der Waals surface area contributed by atoms with Crippen molar-refractivity contribution in [2.45, 2.75) is 18.9 Å². The van der Waals surface area contributed by atoms with Crippen LogP contribution >= 0.6 is 11.6 Å². The molecule has 1 saturated heterocycles. The molecule has 0 atom stereocenters. The predicted octanol–water partition coefficient (Wildman–Crippen LogP) is 2.28. The van der Waals surface area contributed by atoms with Crippen LogP contribution in [-0.4, -0.2) is 43.3 Å². The SMILES string of the molecule is NC(=O)OC1CCN(CCOc2ccc(Cl)cc2)CC1. The van der Waals surface area contributed by atoms with Gasteiger partial charge in [-0.3, -0.25) is 4.90 Å². The van der Waals surface area contributed by atoms with E-state index >= 15 is 0 Å². The average Bonchev–Trinajstić information content (AvgIpc) is 2.42. The third-order valence-electron chi connectivity index (χ3n) is 3.31. The van der Waals surface area contributed by atoms with E-state index in [1.165, 1.54) is 0 Å². The van der Waals surface area contributed by atoms with Crippen LogP contribution in [0.1, 0.15) is 12.8 Å². The summed E-state index contributed by atoms with van der Waals surface area (Å²) in [5, 5.41) is 0.703. The number of hydrogen-bond acceptors (Lipinski definition) is 4. The van der Waals surface area contributed by atoms with Gasteiger partial charge in [0.25, 0.3) is 0 Å². The number of ether oxygens (including phenoxy) is 2. The molecule has 0 radical (unpaired) electrons. The fraction of sp³-hybridized carbons (Fsp3) is 0.500. The lowest BCUT2D eigenvalue weighted by Gasteiger charge is -2.31. The summed E-state index contributed by atoms with van der Waals surface area (Å²) in [5.41, 5.74) is 5.01. The van der Waals surface area contributed by atoms with Gasteiger partial charge in [-0.2, -0.15) is 0 Å². The Kier molecular flexibility index (Phi) is 5.49. The average molecular weight is 299 g/mol. The van der Waals surface area contributed by atoms with Crippen LogP contribution in [0.25, 0.3) is 0 Å². The molecule has 1 heterocycles. The zero-order valence-electron chi connectivity index (χ0n) is 11.3. The summed E-state index contributed by atoms with van der Waals surface area (Å²) in [6.45, 7) is 3.26. The van der Waals surface area contributed by atoms with Crippen LogP contribution in [0, 0.1) is 0 Å². The van der Waals surface area contributed by atoms with E-state index in [4.69, 9.17) is 26.8 Å². The molecule has 1 aliphatic rings. The third-order valence-corrected chi connectivity index (χ3v) is 3.56. The lowest BCUT2D eigenvalue weighted by molar-refractivity contribution is 0.0523. The minimum Gasteiger partial charge on any atom is -0.492 e. The first-order chi connectivity index (χ1) is 9.63. The Hall–Kier alpha value is -1.46. The van der Waals surface area contributed by atoms with Crippen LogP contribution in [0.15, 0.2) is 24.3 Å². The molecule has 0 aromatic heterocycles. The summed E-state index contributed by atoms with van der Waals surface area (Å²) in [6, 6.07) is 7.33. The molecule has 0 spiro atoms. The van der Waals surface area contributed by atoms with E-state index in [0.717, 1.165) is 38.2 Å². The molecule has 1 aromatic carbocycles. The Morgan fingerprint density at radius 2 is 1.95 bits per heavy atom. The lowest BCUT2D eigenvalue weighted by atomic mass is 10.1. The molecule has 2 rings (SSSR count). The Labute approximate surface area is 123 Å². The van der Waals surface area contributed by atoms with E-state index < -0.39 is 6.09 Å². The molecule has 0 aliphatic carbocycles. The Morgan fingerprint density at radius 3 is 2.55 bits per heavy atom. The summed E-state index contributed by atoms with van der Waals surface area (Å²) in [6.07, 6.45) is 0.920. The number of amides is 1. The third kappa shape index (κ3) is 4.90. The van der Waals surface area contributed by atoms with Gasteiger partial charge < -0.3 is 15.2 Å². The molecule has 1 aromatic rings. The molecule has 110 valence electrons. The van der Waals surface area contributed by atoms with Gasteiger partial charge in [0.1, 0.15) is 18.5 Å². The highest BCUT2D eigenvalue weighted by atomic mass is 35.5. The largest absolute Gasteiger partial charge is 0.492 e. The quantitative estimate of drug-likeness (QED) is 0.906. The molecule has 5 nitrogen and oxygen atoms in total. The van der Waals surface area contributed by atoms with Crippen molar-refractivity contribution in [1.82, 2.24) is 4.90 Å². The number of nitrogens with two attached hydrogens (primary N) is 1. The maximum absolute atomic E-state index is 10.7. The first-order valence-electron chi connectivity index (χ1n) is 6.70. The maximum atomic E-state index is 10.7. The van der Waals surface area contributed by atoms with Crippen molar-refractivity contribution in [3.63, 3.8) is 0 Å². The first-order valence-corrected chi connectivity index (χ1v) is 7.08. The number of piperidine rings is 1.